The van der Waals surface area contributed by atoms with Crippen molar-refractivity contribution >= 4 is 16.5 Å². The molecule has 2 saturated carbocycles. The Morgan fingerprint density at radius 1 is 0.425 bits per heavy atom. The van der Waals surface area contributed by atoms with Gasteiger partial charge in [0.25, 0.3) is 0 Å². The van der Waals surface area contributed by atoms with E-state index in [1.807, 2.05) is 0 Å². The third-order valence-electron chi connectivity index (χ3n) is 11.2. The highest BCUT2D eigenvalue weighted by Gasteiger charge is 2.51. The van der Waals surface area contributed by atoms with Gasteiger partial charge in [0, 0.05) is 25.2 Å². The zero-order valence-corrected chi connectivity index (χ0v) is 33.0. The Morgan fingerprint density at radius 3 is 0.775 bits per heavy atom. The first-order chi connectivity index (χ1) is 17.7. The predicted octanol–water partition coefficient (Wildman–Crippen LogP) is 11.0. The van der Waals surface area contributed by atoms with Crippen molar-refractivity contribution in [3.8, 4) is 0 Å². The van der Waals surface area contributed by atoms with E-state index < -0.39 is 16.5 Å². The van der Waals surface area contributed by atoms with E-state index in [-0.39, 0.29) is 0 Å². The molecule has 2 aliphatic carbocycles. The predicted molar refractivity (Wildman–Crippen MR) is 187 cm³/mol. The van der Waals surface area contributed by atoms with E-state index in [0.29, 0.717) is 33.7 Å². The van der Waals surface area contributed by atoms with Crippen LogP contribution in [0.2, 0.25) is 39.3 Å². The maximum absolute atomic E-state index is 3.17. The summed E-state index contributed by atoms with van der Waals surface area (Å²) < 4.78 is 6.35. The van der Waals surface area contributed by atoms with Crippen LogP contribution in [0.4, 0.5) is 0 Å². The topological polar surface area (TPSA) is 6.48 Å². The third kappa shape index (κ3) is 8.94. The Morgan fingerprint density at radius 2 is 0.625 bits per heavy atom. The van der Waals surface area contributed by atoms with Crippen molar-refractivity contribution in [1.29, 1.82) is 0 Å². The summed E-state index contributed by atoms with van der Waals surface area (Å²) in [5.74, 6) is 3.10. The minimum absolute atomic E-state index is 0.350. The van der Waals surface area contributed by atoms with Gasteiger partial charge in [-0.25, -0.2) is 0 Å². The maximum Gasteiger partial charge on any atom is 0.119 e. The van der Waals surface area contributed by atoms with Crippen molar-refractivity contribution in [3.63, 3.8) is 0 Å². The van der Waals surface area contributed by atoms with Crippen LogP contribution in [0, 0.1) is 45.3 Å². The number of hydrogen-bond donors (Lipinski definition) is 0. The highest BCUT2D eigenvalue weighted by atomic mass is 28.3. The van der Waals surface area contributed by atoms with E-state index >= 15 is 0 Å². The van der Waals surface area contributed by atoms with Gasteiger partial charge in [-0.2, -0.15) is 0 Å². The molecule has 4 unspecified atom stereocenters. The molecule has 0 spiro atoms. The van der Waals surface area contributed by atoms with Gasteiger partial charge in [-0.3, -0.25) is 0 Å². The number of hydrogen-bond acceptors (Lipinski definition) is 2. The molecule has 2 nitrogen and oxygen atoms in total. The Balaban J connectivity index is 2.61. The van der Waals surface area contributed by atoms with Crippen molar-refractivity contribution in [1.82, 2.24) is 9.13 Å². The third-order valence-corrected chi connectivity index (χ3v) is 15.7. The van der Waals surface area contributed by atoms with E-state index in [4.69, 9.17) is 0 Å². The van der Waals surface area contributed by atoms with Crippen LogP contribution in [0.1, 0.15) is 122 Å². The Hall–Kier alpha value is 0.354. The molecule has 40 heavy (non-hydrogen) atoms. The van der Waals surface area contributed by atoms with Crippen LogP contribution in [0.3, 0.4) is 0 Å². The summed E-state index contributed by atoms with van der Waals surface area (Å²) in [7, 11) is -3.15. The molecular formula is C36H76N2Si2. The highest BCUT2D eigenvalue weighted by molar-refractivity contribution is 6.74. The van der Waals surface area contributed by atoms with Crippen LogP contribution in [0.15, 0.2) is 0 Å². The van der Waals surface area contributed by atoms with Crippen LogP contribution >= 0.6 is 0 Å². The zero-order chi connectivity index (χ0) is 31.3. The summed E-state index contributed by atoms with van der Waals surface area (Å²) in [5.41, 5.74) is 1.40. The monoisotopic (exact) mass is 593 g/mol. The fourth-order valence-corrected chi connectivity index (χ4v) is 13.1. The lowest BCUT2D eigenvalue weighted by atomic mass is 9.60. The van der Waals surface area contributed by atoms with E-state index in [0.717, 1.165) is 23.7 Å². The van der Waals surface area contributed by atoms with Crippen molar-refractivity contribution in [2.24, 2.45) is 45.3 Å². The van der Waals surface area contributed by atoms with Gasteiger partial charge >= 0.3 is 0 Å². The summed E-state index contributed by atoms with van der Waals surface area (Å²) in [4.78, 5) is 0. The van der Waals surface area contributed by atoms with Gasteiger partial charge in [-0.15, -0.1) is 0 Å². The summed E-state index contributed by atoms with van der Waals surface area (Å²) in [5, 5.41) is 0. The molecule has 0 N–H and O–H groups in total. The Labute approximate surface area is 256 Å². The van der Waals surface area contributed by atoms with Crippen molar-refractivity contribution < 1.29 is 0 Å². The van der Waals surface area contributed by atoms with Gasteiger partial charge in [0.15, 0.2) is 0 Å². The maximum atomic E-state index is 3.17. The van der Waals surface area contributed by atoms with Gasteiger partial charge in [0.1, 0.15) is 16.5 Å². The zero-order valence-electron chi connectivity index (χ0n) is 31.0. The molecule has 0 radical (unpaired) electrons. The summed E-state index contributed by atoms with van der Waals surface area (Å²) in [6.45, 7) is 48.9. The molecule has 0 aromatic heterocycles. The van der Waals surface area contributed by atoms with Crippen LogP contribution in [0.5, 0.6) is 0 Å². The van der Waals surface area contributed by atoms with Crippen LogP contribution in [-0.2, 0) is 0 Å². The van der Waals surface area contributed by atoms with Crippen molar-refractivity contribution in [2.75, 3.05) is 13.1 Å². The van der Waals surface area contributed by atoms with Gasteiger partial charge in [0.05, 0.1) is 0 Å². The first kappa shape index (κ1) is 36.5. The van der Waals surface area contributed by atoms with Gasteiger partial charge < -0.3 is 9.13 Å². The average molecular weight is 593 g/mol. The van der Waals surface area contributed by atoms with Crippen molar-refractivity contribution in [2.45, 2.75) is 173 Å². The molecule has 2 aliphatic rings. The lowest BCUT2D eigenvalue weighted by molar-refractivity contribution is -0.0217. The van der Waals surface area contributed by atoms with Gasteiger partial charge in [0.2, 0.25) is 0 Å². The van der Waals surface area contributed by atoms with E-state index in [1.165, 1.54) is 51.6 Å². The Bertz CT molecular complexity index is 682. The molecule has 238 valence electrons. The number of rotatable bonds is 7. The molecule has 2 rings (SSSR count). The summed E-state index contributed by atoms with van der Waals surface area (Å²) >= 11 is 0. The lowest BCUT2D eigenvalue weighted by Gasteiger charge is -2.59. The van der Waals surface area contributed by atoms with Gasteiger partial charge in [-0.1, -0.05) is 135 Å². The molecule has 0 heterocycles. The quantitative estimate of drug-likeness (QED) is 0.271. The fourth-order valence-electron chi connectivity index (χ4n) is 9.09. The average Bonchev–Trinajstić information content (AvgIpc) is 2.71. The molecule has 0 aromatic rings. The minimum atomic E-state index is -1.58. The second-order valence-corrected chi connectivity index (χ2v) is 30.3. The summed E-state index contributed by atoms with van der Waals surface area (Å²) in [6.07, 6.45) is 8.42. The molecule has 0 bridgehead atoms. The van der Waals surface area contributed by atoms with Crippen LogP contribution in [0.25, 0.3) is 0 Å². The largest absolute Gasteiger partial charge is 0.319 e. The van der Waals surface area contributed by atoms with E-state index in [1.54, 1.807) is 0 Å². The smallest absolute Gasteiger partial charge is 0.119 e. The summed E-state index contributed by atoms with van der Waals surface area (Å²) in [6, 6.07) is 1.40. The lowest BCUT2D eigenvalue weighted by Crippen LogP contribution is -2.66. The molecule has 2 fully saturated rings. The fraction of sp³-hybridized carbons (Fsp3) is 1.00. The minimum Gasteiger partial charge on any atom is -0.319 e. The second kappa shape index (κ2) is 12.4. The molecular weight excluding hydrogens is 517 g/mol. The second-order valence-electron chi connectivity index (χ2n) is 20.5. The Kier molecular flexibility index (Phi) is 11.3. The normalized spacial score (nSPS) is 30.3. The molecule has 0 amide bonds. The standard InChI is InChI=1S/C36H76N2Si2/c1-33(2,3)27-21-19-22-28(34(4,5)6)31(27)37(39(13,14)15)25-26-38(40(16,17)18)32-29(35(7,8)9)23-20-24-30(32)36(10,11)12/h27-32H,19-26H2,1-18H3. The van der Waals surface area contributed by atoms with Crippen LogP contribution < -0.4 is 0 Å². The first-order valence-electron chi connectivity index (χ1n) is 17.2. The number of nitrogens with zero attached hydrogens (tertiary/aromatic N) is 2. The molecule has 0 saturated heterocycles. The first-order valence-corrected chi connectivity index (χ1v) is 24.1. The molecule has 4 atom stereocenters. The highest BCUT2D eigenvalue weighted by Crippen LogP contribution is 2.51. The van der Waals surface area contributed by atoms with E-state index in [2.05, 4.69) is 131 Å². The van der Waals surface area contributed by atoms with E-state index in [9.17, 15) is 0 Å². The van der Waals surface area contributed by atoms with Crippen LogP contribution in [-0.4, -0.2) is 50.8 Å². The molecule has 0 aliphatic heterocycles. The van der Waals surface area contributed by atoms with Crippen molar-refractivity contribution in [3.05, 3.63) is 0 Å². The van der Waals surface area contributed by atoms with Gasteiger partial charge in [-0.05, 0) is 71.0 Å². The molecule has 0 aromatic carbocycles. The molecule has 4 heteroatoms. The SMILES string of the molecule is CC(C)(C)C1CCCC(C(C)(C)C)C1N(CCN(C1C(C(C)(C)C)CCCC1C(C)(C)C)[Si](C)(C)C)[Si](C)(C)C.